The predicted molar refractivity (Wildman–Crippen MR) is 77.8 cm³/mol. The van der Waals surface area contributed by atoms with Crippen molar-refractivity contribution in [1.29, 1.82) is 0 Å². The van der Waals surface area contributed by atoms with Crippen LogP contribution in [0.4, 0.5) is 0 Å². The predicted octanol–water partition coefficient (Wildman–Crippen LogP) is 2.02. The Morgan fingerprint density at radius 3 is 2.81 bits per heavy atom. The summed E-state index contributed by atoms with van der Waals surface area (Å²) in [6.45, 7) is 3.36. The van der Waals surface area contributed by atoms with Crippen LogP contribution in [-0.2, 0) is 4.74 Å². The number of benzene rings is 1. The maximum atomic E-state index is 12.3. The average molecular weight is 290 g/mol. The fourth-order valence-corrected chi connectivity index (χ4v) is 3.15. The third-order valence-corrected chi connectivity index (χ3v) is 4.32. The fourth-order valence-electron chi connectivity index (χ4n) is 3.15. The highest BCUT2D eigenvalue weighted by molar-refractivity contribution is 6.01. The van der Waals surface area contributed by atoms with Gasteiger partial charge in [0.2, 0.25) is 0 Å². The highest BCUT2D eigenvalue weighted by Crippen LogP contribution is 2.29. The van der Waals surface area contributed by atoms with Gasteiger partial charge in [0.1, 0.15) is 0 Å². The molecule has 6 heteroatoms. The molecule has 0 spiro atoms. The van der Waals surface area contributed by atoms with Crippen LogP contribution in [0.1, 0.15) is 36.2 Å². The Labute approximate surface area is 121 Å². The Hall–Kier alpha value is -2.08. The first kappa shape index (κ1) is 13.9. The van der Waals surface area contributed by atoms with Crippen molar-refractivity contribution in [2.24, 2.45) is 5.92 Å². The molecule has 0 aliphatic carbocycles. The summed E-state index contributed by atoms with van der Waals surface area (Å²) in [5, 5.41) is 9.36. The summed E-state index contributed by atoms with van der Waals surface area (Å²) in [6, 6.07) is 4.85. The van der Waals surface area contributed by atoms with E-state index in [1.165, 1.54) is 6.07 Å². The number of ether oxygens (including phenoxy) is 1. The lowest BCUT2D eigenvalue weighted by atomic mass is 9.92. The molecule has 21 heavy (non-hydrogen) atoms. The van der Waals surface area contributed by atoms with Crippen molar-refractivity contribution in [3.63, 3.8) is 0 Å². The summed E-state index contributed by atoms with van der Waals surface area (Å²) in [6.07, 6.45) is 1.77. The lowest BCUT2D eigenvalue weighted by molar-refractivity contribution is 0.0513. The van der Waals surface area contributed by atoms with Gasteiger partial charge in [-0.2, -0.15) is 0 Å². The highest BCUT2D eigenvalue weighted by Gasteiger charge is 2.26. The van der Waals surface area contributed by atoms with Crippen molar-refractivity contribution >= 4 is 17.0 Å². The number of aromatic nitrogens is 2. The summed E-state index contributed by atoms with van der Waals surface area (Å²) >= 11 is 0. The Balaban J connectivity index is 2.14. The van der Waals surface area contributed by atoms with E-state index in [-0.39, 0.29) is 17.3 Å². The molecular weight excluding hydrogens is 272 g/mol. The Bertz CT molecular complexity index is 725. The number of carbonyl (C=O) groups is 1. The molecule has 0 bridgehead atoms. The second kappa shape index (κ2) is 5.37. The SMILES string of the molecule is CC(C1CCOCC1)n1c(=O)[nH]c2cccc(C(=O)O)c21. The zero-order valence-corrected chi connectivity index (χ0v) is 11.8. The lowest BCUT2D eigenvalue weighted by Crippen LogP contribution is -2.30. The van der Waals surface area contributed by atoms with Crippen LogP contribution in [0.25, 0.3) is 11.0 Å². The van der Waals surface area contributed by atoms with Gasteiger partial charge in [0.05, 0.1) is 16.6 Å². The number of hydrogen-bond donors (Lipinski definition) is 2. The molecule has 6 nitrogen and oxygen atoms in total. The standard InChI is InChI=1S/C15H18N2O4/c1-9(10-5-7-21-8-6-10)17-13-11(14(18)19)3-2-4-12(13)16-15(17)20/h2-4,9-10H,5-8H2,1H3,(H,16,20)(H,18,19). The Morgan fingerprint density at radius 2 is 2.14 bits per heavy atom. The summed E-state index contributed by atoms with van der Waals surface area (Å²) in [4.78, 5) is 26.5. The van der Waals surface area contributed by atoms with E-state index in [0.717, 1.165) is 12.8 Å². The minimum Gasteiger partial charge on any atom is -0.478 e. The van der Waals surface area contributed by atoms with Gasteiger partial charge in [0, 0.05) is 19.3 Å². The normalized spacial score (nSPS) is 18.0. The fraction of sp³-hybridized carbons (Fsp3) is 0.467. The Morgan fingerprint density at radius 1 is 1.43 bits per heavy atom. The smallest absolute Gasteiger partial charge is 0.337 e. The van der Waals surface area contributed by atoms with Crippen LogP contribution in [0, 0.1) is 5.92 Å². The quantitative estimate of drug-likeness (QED) is 0.905. The van der Waals surface area contributed by atoms with Crippen LogP contribution in [0.3, 0.4) is 0 Å². The van der Waals surface area contributed by atoms with E-state index in [1.807, 2.05) is 6.92 Å². The van der Waals surface area contributed by atoms with E-state index >= 15 is 0 Å². The zero-order chi connectivity index (χ0) is 15.0. The number of nitrogens with zero attached hydrogens (tertiary/aromatic N) is 1. The summed E-state index contributed by atoms with van der Waals surface area (Å²) in [7, 11) is 0. The third kappa shape index (κ3) is 2.35. The van der Waals surface area contributed by atoms with E-state index in [9.17, 15) is 14.7 Å². The molecule has 1 aromatic heterocycles. The minimum atomic E-state index is -1.02. The molecule has 1 fully saturated rings. The number of rotatable bonds is 3. The van der Waals surface area contributed by atoms with Crippen molar-refractivity contribution in [2.45, 2.75) is 25.8 Å². The molecule has 0 saturated carbocycles. The summed E-state index contributed by atoms with van der Waals surface area (Å²) in [5.41, 5.74) is 0.954. The maximum absolute atomic E-state index is 12.3. The van der Waals surface area contributed by atoms with Crippen LogP contribution >= 0.6 is 0 Å². The van der Waals surface area contributed by atoms with Gasteiger partial charge in [0.25, 0.3) is 0 Å². The second-order valence-corrected chi connectivity index (χ2v) is 5.50. The van der Waals surface area contributed by atoms with Gasteiger partial charge in [-0.25, -0.2) is 9.59 Å². The molecule has 0 amide bonds. The van der Waals surface area contributed by atoms with E-state index < -0.39 is 5.97 Å². The second-order valence-electron chi connectivity index (χ2n) is 5.50. The van der Waals surface area contributed by atoms with E-state index in [2.05, 4.69) is 4.98 Å². The zero-order valence-electron chi connectivity index (χ0n) is 11.8. The van der Waals surface area contributed by atoms with Gasteiger partial charge in [-0.1, -0.05) is 6.07 Å². The molecule has 3 rings (SSSR count). The van der Waals surface area contributed by atoms with Crippen LogP contribution in [-0.4, -0.2) is 33.8 Å². The average Bonchev–Trinajstić information content (AvgIpc) is 2.83. The lowest BCUT2D eigenvalue weighted by Gasteiger charge is -2.28. The van der Waals surface area contributed by atoms with E-state index in [1.54, 1.807) is 16.7 Å². The molecule has 2 heterocycles. The molecule has 2 N–H and O–H groups in total. The molecule has 1 aliphatic heterocycles. The first-order valence-corrected chi connectivity index (χ1v) is 7.14. The first-order chi connectivity index (χ1) is 10.1. The number of para-hydroxylation sites is 1. The highest BCUT2D eigenvalue weighted by atomic mass is 16.5. The topological polar surface area (TPSA) is 84.3 Å². The molecule has 1 aliphatic rings. The molecule has 1 unspecified atom stereocenters. The van der Waals surface area contributed by atoms with E-state index in [4.69, 9.17) is 4.74 Å². The molecule has 0 radical (unpaired) electrons. The Kier molecular flexibility index (Phi) is 3.55. The van der Waals surface area contributed by atoms with Crippen LogP contribution in [0.2, 0.25) is 0 Å². The molecular formula is C15H18N2O4. The van der Waals surface area contributed by atoms with Crippen molar-refractivity contribution in [3.05, 3.63) is 34.2 Å². The number of carboxylic acid groups (broad SMARTS) is 1. The summed E-state index contributed by atoms with van der Waals surface area (Å²) < 4.78 is 6.95. The minimum absolute atomic E-state index is 0.0596. The number of aromatic carboxylic acids is 1. The van der Waals surface area contributed by atoms with Gasteiger partial charge in [-0.3, -0.25) is 4.57 Å². The van der Waals surface area contributed by atoms with Gasteiger partial charge >= 0.3 is 11.7 Å². The maximum Gasteiger partial charge on any atom is 0.337 e. The van der Waals surface area contributed by atoms with Crippen molar-refractivity contribution in [3.8, 4) is 0 Å². The van der Waals surface area contributed by atoms with Crippen LogP contribution in [0.5, 0.6) is 0 Å². The summed E-state index contributed by atoms with van der Waals surface area (Å²) in [5.74, 6) is -0.704. The molecule has 112 valence electrons. The molecule has 1 saturated heterocycles. The van der Waals surface area contributed by atoms with Gasteiger partial charge < -0.3 is 14.8 Å². The van der Waals surface area contributed by atoms with Crippen LogP contribution < -0.4 is 5.69 Å². The number of H-pyrrole nitrogens is 1. The van der Waals surface area contributed by atoms with Crippen molar-refractivity contribution < 1.29 is 14.6 Å². The van der Waals surface area contributed by atoms with Gasteiger partial charge in [-0.15, -0.1) is 0 Å². The number of aromatic amines is 1. The number of fused-ring (bicyclic) bond motifs is 1. The van der Waals surface area contributed by atoms with Gasteiger partial charge in [-0.05, 0) is 37.8 Å². The number of hydrogen-bond acceptors (Lipinski definition) is 3. The molecule has 1 atom stereocenters. The van der Waals surface area contributed by atoms with Crippen molar-refractivity contribution in [2.75, 3.05) is 13.2 Å². The number of nitrogens with one attached hydrogen (secondary N) is 1. The number of carboxylic acids is 1. The monoisotopic (exact) mass is 290 g/mol. The molecule has 2 aromatic rings. The van der Waals surface area contributed by atoms with Crippen molar-refractivity contribution in [1.82, 2.24) is 9.55 Å². The van der Waals surface area contributed by atoms with Crippen LogP contribution in [0.15, 0.2) is 23.0 Å². The van der Waals surface area contributed by atoms with Gasteiger partial charge in [0.15, 0.2) is 0 Å². The third-order valence-electron chi connectivity index (χ3n) is 4.32. The van der Waals surface area contributed by atoms with E-state index in [0.29, 0.717) is 30.2 Å². The first-order valence-electron chi connectivity index (χ1n) is 7.14. The molecule has 1 aromatic carbocycles. The number of imidazole rings is 1. The largest absolute Gasteiger partial charge is 0.478 e.